The minimum atomic E-state index is -0.752. The first-order valence-electron chi connectivity index (χ1n) is 5.52. The molecule has 0 atom stereocenters. The molecule has 3 nitrogen and oxygen atoms in total. The molecule has 1 aromatic rings. The molecule has 0 unspecified atom stereocenters. The molecule has 92 valence electrons. The van der Waals surface area contributed by atoms with Crippen LogP contribution in [0, 0.1) is 5.82 Å². The summed E-state index contributed by atoms with van der Waals surface area (Å²) in [7, 11) is 0. The van der Waals surface area contributed by atoms with E-state index in [-0.39, 0.29) is 11.4 Å². The van der Waals surface area contributed by atoms with Gasteiger partial charge in [0.25, 0.3) is 0 Å². The van der Waals surface area contributed by atoms with Gasteiger partial charge in [-0.1, -0.05) is 40.5 Å². The van der Waals surface area contributed by atoms with Crippen molar-refractivity contribution in [2.75, 3.05) is 5.73 Å². The zero-order chi connectivity index (χ0) is 13.0. The first-order chi connectivity index (χ1) is 7.67. The van der Waals surface area contributed by atoms with Crippen LogP contribution in [0.4, 0.5) is 10.2 Å². The molecule has 0 aliphatic heterocycles. The lowest BCUT2D eigenvalue weighted by molar-refractivity contribution is 0.112. The first kappa shape index (κ1) is 17.0. The molecule has 0 bridgehead atoms. The van der Waals surface area contributed by atoms with Crippen LogP contribution in [0.5, 0.6) is 0 Å². The van der Waals surface area contributed by atoms with E-state index < -0.39 is 5.82 Å². The molecule has 1 rings (SSSR count). The number of nitrogens with two attached hydrogens (primary N) is 1. The summed E-state index contributed by atoms with van der Waals surface area (Å²) in [6.45, 7) is 8.36. The van der Waals surface area contributed by atoms with Crippen LogP contribution in [0.25, 0.3) is 0 Å². The summed E-state index contributed by atoms with van der Waals surface area (Å²) in [4.78, 5) is 13.5. The number of unbranched alkanes of at least 4 members (excludes halogenated alkanes) is 1. The maximum Gasteiger partial charge on any atom is 0.175 e. The molecule has 0 aliphatic carbocycles. The standard InChI is InChI=1S/C6H5FN2O.C4H10.C2H6/c7-5-4(3-10)1-2-9-6(5)8;1-3-4-2;1-2/h1-3H,(H2,8,9);3-4H2,1-2H3;1-2H3. The summed E-state index contributed by atoms with van der Waals surface area (Å²) in [6.07, 6.45) is 4.31. The molecule has 1 aromatic heterocycles. The fourth-order valence-corrected chi connectivity index (χ4v) is 0.567. The predicted octanol–water partition coefficient (Wildman–Crippen LogP) is 3.45. The SMILES string of the molecule is CC.CCCC.Nc1nccc(C=O)c1F. The third-order valence-corrected chi connectivity index (χ3v) is 1.57. The van der Waals surface area contributed by atoms with Gasteiger partial charge in [-0.05, 0) is 6.07 Å². The maximum absolute atomic E-state index is 12.6. The minimum absolute atomic E-state index is 0.0625. The molecule has 4 heteroatoms. The molecule has 0 radical (unpaired) electrons. The zero-order valence-electron chi connectivity index (χ0n) is 10.5. The number of nitrogen functional groups attached to an aromatic ring is 1. The van der Waals surface area contributed by atoms with E-state index >= 15 is 0 Å². The molecule has 0 spiro atoms. The Labute approximate surface area is 96.9 Å². The predicted molar refractivity (Wildman–Crippen MR) is 65.9 cm³/mol. The quantitative estimate of drug-likeness (QED) is 0.789. The number of carbonyl (C=O) groups excluding carboxylic acids is 1. The van der Waals surface area contributed by atoms with E-state index in [0.717, 1.165) is 0 Å². The van der Waals surface area contributed by atoms with Crippen molar-refractivity contribution in [2.45, 2.75) is 40.5 Å². The van der Waals surface area contributed by atoms with Crippen molar-refractivity contribution in [3.63, 3.8) is 0 Å². The van der Waals surface area contributed by atoms with E-state index in [4.69, 9.17) is 5.73 Å². The molecule has 16 heavy (non-hydrogen) atoms. The number of aldehydes is 1. The van der Waals surface area contributed by atoms with Crippen molar-refractivity contribution in [2.24, 2.45) is 0 Å². The van der Waals surface area contributed by atoms with Crippen LogP contribution >= 0.6 is 0 Å². The number of anilines is 1. The monoisotopic (exact) mass is 228 g/mol. The summed E-state index contributed by atoms with van der Waals surface area (Å²) >= 11 is 0. The molecule has 0 fully saturated rings. The molecular weight excluding hydrogens is 207 g/mol. The number of hydrogen-bond acceptors (Lipinski definition) is 3. The van der Waals surface area contributed by atoms with Gasteiger partial charge in [0.15, 0.2) is 17.9 Å². The molecular formula is C12H21FN2O. The van der Waals surface area contributed by atoms with Crippen molar-refractivity contribution in [1.29, 1.82) is 0 Å². The zero-order valence-corrected chi connectivity index (χ0v) is 10.5. The van der Waals surface area contributed by atoms with Crippen LogP contribution in [0.15, 0.2) is 12.3 Å². The summed E-state index contributed by atoms with van der Waals surface area (Å²) < 4.78 is 12.6. The van der Waals surface area contributed by atoms with E-state index in [2.05, 4.69) is 18.8 Å². The first-order valence-corrected chi connectivity index (χ1v) is 5.52. The summed E-state index contributed by atoms with van der Waals surface area (Å²) in [5, 5.41) is 0. The second kappa shape index (κ2) is 11.6. The molecule has 1 heterocycles. The van der Waals surface area contributed by atoms with Crippen LogP contribution in [-0.4, -0.2) is 11.3 Å². The number of aromatic nitrogens is 1. The van der Waals surface area contributed by atoms with Crippen molar-refractivity contribution in [3.8, 4) is 0 Å². The normalized spacial score (nSPS) is 8.06. The van der Waals surface area contributed by atoms with Crippen molar-refractivity contribution in [3.05, 3.63) is 23.6 Å². The van der Waals surface area contributed by atoms with Gasteiger partial charge in [-0.25, -0.2) is 9.37 Å². The molecule has 0 aliphatic rings. The lowest BCUT2D eigenvalue weighted by Crippen LogP contribution is -1.97. The highest BCUT2D eigenvalue weighted by Crippen LogP contribution is 2.08. The Hall–Kier alpha value is -1.45. The second-order valence-electron chi connectivity index (χ2n) is 2.72. The fourth-order valence-electron chi connectivity index (χ4n) is 0.567. The largest absolute Gasteiger partial charge is 0.381 e. The Morgan fingerprint density at radius 2 is 1.88 bits per heavy atom. The van der Waals surface area contributed by atoms with E-state index in [1.54, 1.807) is 0 Å². The molecule has 0 amide bonds. The van der Waals surface area contributed by atoms with Gasteiger partial charge in [-0.2, -0.15) is 0 Å². The Morgan fingerprint density at radius 1 is 1.38 bits per heavy atom. The summed E-state index contributed by atoms with van der Waals surface area (Å²) in [5.41, 5.74) is 4.99. The summed E-state index contributed by atoms with van der Waals surface area (Å²) in [5.74, 6) is -0.998. The van der Waals surface area contributed by atoms with E-state index in [0.29, 0.717) is 6.29 Å². The Balaban J connectivity index is 0. The second-order valence-corrected chi connectivity index (χ2v) is 2.72. The third kappa shape index (κ3) is 6.92. The molecule has 2 N–H and O–H groups in total. The fraction of sp³-hybridized carbons (Fsp3) is 0.500. The van der Waals surface area contributed by atoms with Crippen molar-refractivity contribution < 1.29 is 9.18 Å². The van der Waals surface area contributed by atoms with Gasteiger partial charge in [0.05, 0.1) is 5.56 Å². The third-order valence-electron chi connectivity index (χ3n) is 1.57. The number of hydrogen-bond donors (Lipinski definition) is 1. The lowest BCUT2D eigenvalue weighted by atomic mass is 10.3. The van der Waals surface area contributed by atoms with Crippen molar-refractivity contribution in [1.82, 2.24) is 4.98 Å². The average molecular weight is 228 g/mol. The highest BCUT2D eigenvalue weighted by molar-refractivity contribution is 5.76. The van der Waals surface area contributed by atoms with E-state index in [1.807, 2.05) is 13.8 Å². The van der Waals surface area contributed by atoms with Crippen LogP contribution < -0.4 is 5.73 Å². The molecule has 0 saturated carbocycles. The number of halogens is 1. The van der Waals surface area contributed by atoms with Crippen LogP contribution in [0.3, 0.4) is 0 Å². The number of pyridine rings is 1. The highest BCUT2D eigenvalue weighted by atomic mass is 19.1. The number of nitrogens with zero attached hydrogens (tertiary/aromatic N) is 1. The molecule has 0 saturated heterocycles. The highest BCUT2D eigenvalue weighted by Gasteiger charge is 2.03. The average Bonchev–Trinajstić information content (AvgIpc) is 2.35. The van der Waals surface area contributed by atoms with Gasteiger partial charge >= 0.3 is 0 Å². The van der Waals surface area contributed by atoms with Gasteiger partial charge in [0, 0.05) is 6.20 Å². The maximum atomic E-state index is 12.6. The Bertz CT molecular complexity index is 288. The van der Waals surface area contributed by atoms with Gasteiger partial charge in [0.1, 0.15) is 0 Å². The van der Waals surface area contributed by atoms with Gasteiger partial charge in [0.2, 0.25) is 0 Å². The van der Waals surface area contributed by atoms with Crippen molar-refractivity contribution >= 4 is 12.1 Å². The topological polar surface area (TPSA) is 56.0 Å². The van der Waals surface area contributed by atoms with Crippen LogP contribution in [0.1, 0.15) is 50.9 Å². The van der Waals surface area contributed by atoms with Crippen LogP contribution in [0.2, 0.25) is 0 Å². The van der Waals surface area contributed by atoms with Gasteiger partial charge in [-0.15, -0.1) is 0 Å². The van der Waals surface area contributed by atoms with E-state index in [1.165, 1.54) is 25.1 Å². The minimum Gasteiger partial charge on any atom is -0.381 e. The lowest BCUT2D eigenvalue weighted by Gasteiger charge is -1.94. The van der Waals surface area contributed by atoms with E-state index in [9.17, 15) is 9.18 Å². The smallest absolute Gasteiger partial charge is 0.175 e. The summed E-state index contributed by atoms with van der Waals surface area (Å²) in [6, 6.07) is 1.26. The Kier molecular flexibility index (Phi) is 12.3. The van der Waals surface area contributed by atoms with Gasteiger partial charge in [-0.3, -0.25) is 4.79 Å². The van der Waals surface area contributed by atoms with Crippen LogP contribution in [-0.2, 0) is 0 Å². The van der Waals surface area contributed by atoms with Gasteiger partial charge < -0.3 is 5.73 Å². The number of carbonyl (C=O) groups is 1. The number of rotatable bonds is 2. The Morgan fingerprint density at radius 3 is 2.19 bits per heavy atom. The molecule has 0 aromatic carbocycles.